The van der Waals surface area contributed by atoms with Gasteiger partial charge in [0.25, 0.3) is 0 Å². The number of carbonyl (C=O) groups excluding carboxylic acids is 3. The highest BCUT2D eigenvalue weighted by Crippen LogP contribution is 2.15. The third kappa shape index (κ3) is 62.7. The van der Waals surface area contributed by atoms with Gasteiger partial charge in [-0.2, -0.15) is 0 Å². The van der Waals surface area contributed by atoms with Crippen molar-refractivity contribution in [1.82, 2.24) is 0 Å². The molecule has 0 heterocycles. The monoisotopic (exact) mass is 1080 g/mol. The topological polar surface area (TPSA) is 78.9 Å². The van der Waals surface area contributed by atoms with E-state index in [0.29, 0.717) is 19.3 Å². The highest BCUT2D eigenvalue weighted by atomic mass is 16.6. The van der Waals surface area contributed by atoms with Gasteiger partial charge in [0.15, 0.2) is 6.10 Å². The zero-order chi connectivity index (χ0) is 56.4. The fraction of sp³-hybridized carbons (Fsp3) is 0.681. The number of hydrogen-bond acceptors (Lipinski definition) is 6. The van der Waals surface area contributed by atoms with E-state index in [1.807, 2.05) is 0 Å². The number of unbranched alkanes of at least 4 members (excludes halogenated alkanes) is 27. The van der Waals surface area contributed by atoms with Crippen LogP contribution < -0.4 is 0 Å². The summed E-state index contributed by atoms with van der Waals surface area (Å²) in [5, 5.41) is 0. The maximum Gasteiger partial charge on any atom is 0.306 e. The summed E-state index contributed by atoms with van der Waals surface area (Å²) in [6.07, 6.45) is 90.7. The molecule has 1 unspecified atom stereocenters. The predicted octanol–water partition coefficient (Wildman–Crippen LogP) is 22.4. The van der Waals surface area contributed by atoms with E-state index in [1.54, 1.807) is 0 Å². The first-order chi connectivity index (χ1) is 38.5. The van der Waals surface area contributed by atoms with Gasteiger partial charge in [-0.1, -0.05) is 284 Å². The smallest absolute Gasteiger partial charge is 0.306 e. The summed E-state index contributed by atoms with van der Waals surface area (Å²) in [5.41, 5.74) is 0. The van der Waals surface area contributed by atoms with Gasteiger partial charge < -0.3 is 14.2 Å². The quantitative estimate of drug-likeness (QED) is 0.0261. The van der Waals surface area contributed by atoms with E-state index >= 15 is 0 Å². The molecule has 0 aliphatic rings. The van der Waals surface area contributed by atoms with Crippen LogP contribution in [0.25, 0.3) is 0 Å². The molecule has 0 amide bonds. The number of rotatable bonds is 58. The molecule has 0 aromatic carbocycles. The summed E-state index contributed by atoms with van der Waals surface area (Å²) in [4.78, 5) is 38.2. The van der Waals surface area contributed by atoms with Crippen molar-refractivity contribution in [1.29, 1.82) is 0 Å². The lowest BCUT2D eigenvalue weighted by molar-refractivity contribution is -0.167. The Hall–Kier alpha value is -4.19. The normalized spacial score (nSPS) is 12.9. The fourth-order valence-electron chi connectivity index (χ4n) is 8.84. The van der Waals surface area contributed by atoms with Crippen LogP contribution in [0.4, 0.5) is 0 Å². The van der Waals surface area contributed by atoms with E-state index in [2.05, 4.69) is 142 Å². The second-order valence-electron chi connectivity index (χ2n) is 21.3. The molecule has 0 N–H and O–H groups in total. The fourth-order valence-corrected chi connectivity index (χ4v) is 8.84. The van der Waals surface area contributed by atoms with Crippen LogP contribution in [-0.4, -0.2) is 37.2 Å². The molecule has 0 saturated carbocycles. The summed E-state index contributed by atoms with van der Waals surface area (Å²) >= 11 is 0. The zero-order valence-electron chi connectivity index (χ0n) is 50.9. The van der Waals surface area contributed by atoms with Crippen molar-refractivity contribution in [3.8, 4) is 0 Å². The zero-order valence-corrected chi connectivity index (χ0v) is 50.9. The van der Waals surface area contributed by atoms with Crippen LogP contribution >= 0.6 is 0 Å². The second kappa shape index (κ2) is 65.3. The molecule has 0 spiro atoms. The Kier molecular flexibility index (Phi) is 61.8. The van der Waals surface area contributed by atoms with Gasteiger partial charge in [-0.15, -0.1) is 0 Å². The SMILES string of the molecule is CC/C=C\C/C=C\C/C=C\C/C=C\C/C=C\C/C=C\C/C=C\C/C=C\C/C=C\CCCCCCCC(=O)OCC(COC(=O)CCCCCCCCCCCCC)OC(=O)CCCCCCC/C=C\CCCCCCCCC. The highest BCUT2D eigenvalue weighted by molar-refractivity contribution is 5.71. The minimum atomic E-state index is -0.791. The van der Waals surface area contributed by atoms with Gasteiger partial charge in [-0.25, -0.2) is 0 Å². The van der Waals surface area contributed by atoms with E-state index in [0.717, 1.165) is 148 Å². The van der Waals surface area contributed by atoms with Crippen LogP contribution in [0.3, 0.4) is 0 Å². The molecule has 0 aromatic rings. The molecule has 0 fully saturated rings. The van der Waals surface area contributed by atoms with Crippen molar-refractivity contribution in [2.24, 2.45) is 0 Å². The average molecular weight is 1080 g/mol. The molecule has 0 aromatic heterocycles. The van der Waals surface area contributed by atoms with E-state index in [4.69, 9.17) is 14.2 Å². The summed E-state index contributed by atoms with van der Waals surface area (Å²) in [6.45, 7) is 6.51. The number of hydrogen-bond donors (Lipinski definition) is 0. The minimum Gasteiger partial charge on any atom is -0.462 e. The molecule has 0 aliphatic carbocycles. The molecular weight excluding hydrogens is 961 g/mol. The van der Waals surface area contributed by atoms with Crippen molar-refractivity contribution >= 4 is 17.9 Å². The first-order valence-electron chi connectivity index (χ1n) is 32.5. The van der Waals surface area contributed by atoms with Crippen LogP contribution in [0.15, 0.2) is 122 Å². The van der Waals surface area contributed by atoms with E-state index in [-0.39, 0.29) is 31.1 Å². The summed E-state index contributed by atoms with van der Waals surface area (Å²) in [5.74, 6) is -0.911. The van der Waals surface area contributed by atoms with Crippen molar-refractivity contribution < 1.29 is 28.6 Å². The Labute approximate surface area is 482 Å². The average Bonchev–Trinajstić information content (AvgIpc) is 3.44. The van der Waals surface area contributed by atoms with E-state index in [9.17, 15) is 14.4 Å². The lowest BCUT2D eigenvalue weighted by atomic mass is 10.1. The Morgan fingerprint density at radius 1 is 0.269 bits per heavy atom. The number of carbonyl (C=O) groups is 3. The Bertz CT molecular complexity index is 1620. The summed E-state index contributed by atoms with van der Waals surface area (Å²) in [6, 6.07) is 0. The predicted molar refractivity (Wildman–Crippen MR) is 339 cm³/mol. The van der Waals surface area contributed by atoms with Gasteiger partial charge in [-0.05, 0) is 116 Å². The Morgan fingerprint density at radius 2 is 0.500 bits per heavy atom. The molecular formula is C72H120O6. The van der Waals surface area contributed by atoms with Gasteiger partial charge >= 0.3 is 17.9 Å². The largest absolute Gasteiger partial charge is 0.462 e. The van der Waals surface area contributed by atoms with E-state index < -0.39 is 6.10 Å². The van der Waals surface area contributed by atoms with Gasteiger partial charge in [-0.3, -0.25) is 14.4 Å². The van der Waals surface area contributed by atoms with Crippen molar-refractivity contribution in [3.63, 3.8) is 0 Å². The van der Waals surface area contributed by atoms with Gasteiger partial charge in [0.05, 0.1) is 0 Å². The first-order valence-corrected chi connectivity index (χ1v) is 32.5. The van der Waals surface area contributed by atoms with Crippen molar-refractivity contribution in [2.45, 2.75) is 303 Å². The molecule has 0 aliphatic heterocycles. The third-order valence-electron chi connectivity index (χ3n) is 13.7. The summed E-state index contributed by atoms with van der Waals surface area (Å²) in [7, 11) is 0. The van der Waals surface area contributed by atoms with Crippen LogP contribution in [0.2, 0.25) is 0 Å². The number of allylic oxidation sites excluding steroid dienone is 20. The lowest BCUT2D eigenvalue weighted by Crippen LogP contribution is -2.30. The van der Waals surface area contributed by atoms with Crippen LogP contribution in [0, 0.1) is 0 Å². The maximum atomic E-state index is 12.9. The molecule has 0 radical (unpaired) electrons. The third-order valence-corrected chi connectivity index (χ3v) is 13.7. The molecule has 444 valence electrons. The van der Waals surface area contributed by atoms with Crippen molar-refractivity contribution in [2.75, 3.05) is 13.2 Å². The Balaban J connectivity index is 4.29. The van der Waals surface area contributed by atoms with Gasteiger partial charge in [0, 0.05) is 19.3 Å². The molecule has 0 saturated heterocycles. The molecule has 0 rings (SSSR count). The molecule has 6 heteroatoms. The van der Waals surface area contributed by atoms with Crippen LogP contribution in [0.5, 0.6) is 0 Å². The van der Waals surface area contributed by atoms with E-state index in [1.165, 1.54) is 109 Å². The molecule has 6 nitrogen and oxygen atoms in total. The van der Waals surface area contributed by atoms with Crippen molar-refractivity contribution in [3.05, 3.63) is 122 Å². The molecule has 78 heavy (non-hydrogen) atoms. The van der Waals surface area contributed by atoms with Crippen LogP contribution in [0.1, 0.15) is 297 Å². The Morgan fingerprint density at radius 3 is 0.795 bits per heavy atom. The second-order valence-corrected chi connectivity index (χ2v) is 21.3. The molecule has 0 bridgehead atoms. The lowest BCUT2D eigenvalue weighted by Gasteiger charge is -2.18. The number of ether oxygens (including phenoxy) is 3. The number of esters is 3. The summed E-state index contributed by atoms with van der Waals surface area (Å²) < 4.78 is 16.9. The minimum absolute atomic E-state index is 0.0866. The van der Waals surface area contributed by atoms with Crippen LogP contribution in [-0.2, 0) is 28.6 Å². The van der Waals surface area contributed by atoms with Gasteiger partial charge in [0.2, 0.25) is 0 Å². The molecule has 1 atom stereocenters. The van der Waals surface area contributed by atoms with Gasteiger partial charge in [0.1, 0.15) is 13.2 Å². The standard InChI is InChI=1S/C72H120O6/c1-4-7-10-13-16-19-22-24-26-28-29-30-31-32-33-34-35-36-37-38-39-40-41-42-43-44-46-47-50-53-56-59-62-65-71(74)77-68-69(67-76-70(73)64-61-58-55-52-49-21-18-15-12-9-6-3)78-72(75)66-63-60-57-54-51-48-45-27-25-23-20-17-14-11-8-5-2/h7,10,16,19,24,26-27,29-30,32-33,35-36,38-39,41-42,44-46,69H,4-6,8-9,11-15,17-18,20-23,25,28,31,34,37,40,43,47-68H2,1-3H3/b10-7-,19-16-,26-24-,30-29-,33-32-,36-35-,39-38-,42-41-,45-27-,46-44-. The maximum absolute atomic E-state index is 12.9. The highest BCUT2D eigenvalue weighted by Gasteiger charge is 2.19. The first kappa shape index (κ1) is 73.8.